The van der Waals surface area contributed by atoms with E-state index in [2.05, 4.69) is 47.3 Å². The molecule has 45 heavy (non-hydrogen) atoms. The number of hydrogen-bond donors (Lipinski definition) is 2. The summed E-state index contributed by atoms with van der Waals surface area (Å²) in [5, 5.41) is 19.0. The molecule has 8 atom stereocenters. The highest BCUT2D eigenvalue weighted by molar-refractivity contribution is 5.88. The van der Waals surface area contributed by atoms with Gasteiger partial charge in [-0.05, 0) is 133 Å². The van der Waals surface area contributed by atoms with Crippen LogP contribution in [0.25, 0.3) is 5.57 Å². The first kappa shape index (κ1) is 33.9. The van der Waals surface area contributed by atoms with Crippen molar-refractivity contribution < 1.29 is 19.8 Å². The maximum absolute atomic E-state index is 13.9. The quantitative estimate of drug-likeness (QED) is 0.324. The van der Waals surface area contributed by atoms with Gasteiger partial charge in [0, 0.05) is 13.6 Å². The third kappa shape index (κ3) is 4.97. The van der Waals surface area contributed by atoms with Crippen LogP contribution in [-0.2, 0) is 4.79 Å². The lowest BCUT2D eigenvalue weighted by Crippen LogP contribution is -2.65. The van der Waals surface area contributed by atoms with Gasteiger partial charge in [0.25, 0.3) is 0 Å². The summed E-state index contributed by atoms with van der Waals surface area (Å²) in [6.07, 6.45) is 15.8. The molecule has 0 spiro atoms. The van der Waals surface area contributed by atoms with Gasteiger partial charge in [0.15, 0.2) is 0 Å². The highest BCUT2D eigenvalue weighted by atomic mass is 16.4. The van der Waals surface area contributed by atoms with Crippen LogP contribution in [0.15, 0.2) is 43.0 Å². The fourth-order valence-electron chi connectivity index (χ4n) is 12.5. The van der Waals surface area contributed by atoms with E-state index in [9.17, 15) is 19.8 Å². The van der Waals surface area contributed by atoms with Crippen molar-refractivity contribution in [1.82, 2.24) is 4.90 Å². The van der Waals surface area contributed by atoms with Gasteiger partial charge in [-0.2, -0.15) is 0 Å². The molecular formula is C40H59NO4. The molecule has 1 aromatic rings. The largest absolute Gasteiger partial charge is 0.478 e. The first-order valence-corrected chi connectivity index (χ1v) is 17.7. The van der Waals surface area contributed by atoms with Crippen molar-refractivity contribution in [3.63, 3.8) is 0 Å². The lowest BCUT2D eigenvalue weighted by molar-refractivity contribution is -0.223. The highest BCUT2D eigenvalue weighted by Crippen LogP contribution is 2.77. The molecule has 4 saturated carbocycles. The Kier molecular flexibility index (Phi) is 9.05. The number of amides is 1. The number of fused-ring (bicyclic) bond motifs is 7. The average molecular weight is 618 g/mol. The number of hydrogen-bond acceptors (Lipinski definition) is 3. The van der Waals surface area contributed by atoms with Gasteiger partial charge >= 0.3 is 5.97 Å². The fourth-order valence-corrected chi connectivity index (χ4v) is 12.5. The van der Waals surface area contributed by atoms with Gasteiger partial charge in [-0.25, -0.2) is 4.79 Å². The van der Waals surface area contributed by atoms with Crippen LogP contribution in [-0.4, -0.2) is 47.2 Å². The van der Waals surface area contributed by atoms with Crippen LogP contribution in [0.1, 0.15) is 122 Å². The van der Waals surface area contributed by atoms with Crippen molar-refractivity contribution in [2.75, 3.05) is 20.2 Å². The molecule has 2 N–H and O–H groups in total. The van der Waals surface area contributed by atoms with Crippen LogP contribution in [0.2, 0.25) is 0 Å². The zero-order valence-corrected chi connectivity index (χ0v) is 29.1. The van der Waals surface area contributed by atoms with Crippen molar-refractivity contribution in [2.24, 2.45) is 50.7 Å². The monoisotopic (exact) mass is 617 g/mol. The molecule has 5 heteroatoms. The van der Waals surface area contributed by atoms with Crippen molar-refractivity contribution in [3.05, 3.63) is 54.1 Å². The number of aromatic carboxylic acids is 1. The van der Waals surface area contributed by atoms with Crippen molar-refractivity contribution >= 4 is 17.4 Å². The number of carboxylic acids is 1. The van der Waals surface area contributed by atoms with Crippen molar-refractivity contribution in [2.45, 2.75) is 106 Å². The number of aliphatic hydroxyl groups is 1. The van der Waals surface area contributed by atoms with Gasteiger partial charge in [-0.3, -0.25) is 4.79 Å². The number of carbonyl (C=O) groups excluding carboxylic acids is 1. The van der Waals surface area contributed by atoms with Gasteiger partial charge in [0.05, 0.1) is 17.6 Å². The Balaban J connectivity index is 0.00000128. The third-order valence-electron chi connectivity index (χ3n) is 14.6. The van der Waals surface area contributed by atoms with Crippen LogP contribution >= 0.6 is 0 Å². The summed E-state index contributed by atoms with van der Waals surface area (Å²) >= 11 is 0. The Hall–Kier alpha value is -2.40. The number of carboxylic acid groups (broad SMARTS) is 1. The summed E-state index contributed by atoms with van der Waals surface area (Å²) in [6.45, 7) is 18.4. The van der Waals surface area contributed by atoms with E-state index in [0.29, 0.717) is 41.7 Å². The molecule has 1 amide bonds. The van der Waals surface area contributed by atoms with Gasteiger partial charge in [0.2, 0.25) is 5.91 Å². The van der Waals surface area contributed by atoms with Crippen molar-refractivity contribution in [3.8, 4) is 0 Å². The van der Waals surface area contributed by atoms with Gasteiger partial charge in [-0.15, -0.1) is 6.58 Å². The molecule has 0 saturated heterocycles. The smallest absolute Gasteiger partial charge is 0.335 e. The predicted molar refractivity (Wildman–Crippen MR) is 183 cm³/mol. The number of rotatable bonds is 5. The zero-order chi connectivity index (χ0) is 33.0. The number of carbonyl (C=O) groups is 2. The molecule has 4 fully saturated rings. The Labute approximate surface area is 272 Å². The number of allylic oxidation sites excluding steroid dienone is 3. The van der Waals surface area contributed by atoms with Gasteiger partial charge in [-0.1, -0.05) is 65.3 Å². The first-order valence-electron chi connectivity index (χ1n) is 17.7. The summed E-state index contributed by atoms with van der Waals surface area (Å²) in [7, 11) is 1.89. The minimum Gasteiger partial charge on any atom is -0.478 e. The van der Waals surface area contributed by atoms with E-state index in [-0.39, 0.29) is 33.7 Å². The van der Waals surface area contributed by atoms with Gasteiger partial charge < -0.3 is 15.1 Å². The summed E-state index contributed by atoms with van der Waals surface area (Å²) < 4.78 is 0. The van der Waals surface area contributed by atoms with Crippen LogP contribution in [0.4, 0.5) is 0 Å². The first-order chi connectivity index (χ1) is 21.2. The van der Waals surface area contributed by atoms with E-state index in [1.54, 1.807) is 18.2 Å². The maximum Gasteiger partial charge on any atom is 0.335 e. The second kappa shape index (κ2) is 12.0. The number of likely N-dealkylation sites (N-methyl/N-ethyl adjacent to an activating group) is 1. The summed E-state index contributed by atoms with van der Waals surface area (Å²) in [6, 6.07) is 7.52. The van der Waals surface area contributed by atoms with Crippen LogP contribution in [0.5, 0.6) is 0 Å². The highest BCUT2D eigenvalue weighted by Gasteiger charge is 2.70. The number of benzene rings is 1. The van der Waals surface area contributed by atoms with Crippen molar-refractivity contribution in [1.29, 1.82) is 0 Å². The minimum absolute atomic E-state index is 0.00764. The molecule has 5 aliphatic rings. The van der Waals surface area contributed by atoms with E-state index < -0.39 is 5.97 Å². The molecule has 5 aliphatic carbocycles. The molecule has 1 aromatic carbocycles. The lowest BCUT2D eigenvalue weighted by Gasteiger charge is -2.72. The average Bonchev–Trinajstić information content (AvgIpc) is 3.43. The molecule has 0 radical (unpaired) electrons. The SMILES string of the molecule is C=CC.CN(CCO)C(=O)C12CCCC1C1CCC3C4(C)CC=C(c5ccc(C(=O)O)cc5)C(C)(C)C4CCC3(C)[C@]1(C)CC2. The fraction of sp³-hybridized carbons (Fsp3) is 0.700. The van der Waals surface area contributed by atoms with Crippen LogP contribution in [0.3, 0.4) is 0 Å². The van der Waals surface area contributed by atoms with E-state index in [1.165, 1.54) is 37.7 Å². The van der Waals surface area contributed by atoms with E-state index in [0.717, 1.165) is 37.7 Å². The predicted octanol–water partition coefficient (Wildman–Crippen LogP) is 8.88. The molecule has 248 valence electrons. The van der Waals surface area contributed by atoms with E-state index in [4.69, 9.17) is 0 Å². The number of aliphatic hydroxyl groups excluding tert-OH is 1. The summed E-state index contributed by atoms with van der Waals surface area (Å²) in [4.78, 5) is 27.2. The molecule has 6 rings (SSSR count). The second-order valence-electron chi connectivity index (χ2n) is 16.6. The lowest BCUT2D eigenvalue weighted by atomic mass is 9.32. The van der Waals surface area contributed by atoms with E-state index >= 15 is 0 Å². The van der Waals surface area contributed by atoms with E-state index in [1.807, 2.05) is 31.0 Å². The van der Waals surface area contributed by atoms with Crippen LogP contribution < -0.4 is 0 Å². The molecule has 7 unspecified atom stereocenters. The molecular weight excluding hydrogens is 558 g/mol. The molecule has 0 aromatic heterocycles. The Morgan fingerprint density at radius 1 is 0.911 bits per heavy atom. The molecule has 0 heterocycles. The standard InChI is InChI=1S/C37H53NO4.C3H6/c1-33(2)26(24-9-11-25(12-10-24)31(40)41)15-18-34(3)29(33)16-19-36(5)30(34)14-13-27-28-8-7-17-37(28,21-20-35(27,36)4)32(42)38(6)22-23-39;1-3-2/h9-12,15,27-30,39H,7-8,13-14,16-23H2,1-6H3,(H,40,41);3H,1H2,2H3/t27?,28?,29?,30?,34?,35-,36?,37?;/m1./s1. The normalized spacial score (nSPS) is 39.4. The topological polar surface area (TPSA) is 77.8 Å². The molecule has 0 bridgehead atoms. The third-order valence-corrected chi connectivity index (χ3v) is 14.6. The Morgan fingerprint density at radius 3 is 2.20 bits per heavy atom. The Morgan fingerprint density at radius 2 is 1.58 bits per heavy atom. The zero-order valence-electron chi connectivity index (χ0n) is 29.1. The minimum atomic E-state index is -0.874. The molecule has 0 aliphatic heterocycles. The second-order valence-corrected chi connectivity index (χ2v) is 16.6. The maximum atomic E-state index is 13.9. The summed E-state index contributed by atoms with van der Waals surface area (Å²) in [5.74, 6) is 1.71. The van der Waals surface area contributed by atoms with Gasteiger partial charge in [0.1, 0.15) is 0 Å². The Bertz CT molecular complexity index is 1330. The molecule has 5 nitrogen and oxygen atoms in total. The van der Waals surface area contributed by atoms with Crippen LogP contribution in [0, 0.1) is 50.7 Å². The number of nitrogens with zero attached hydrogens (tertiary/aromatic N) is 1. The summed E-state index contributed by atoms with van der Waals surface area (Å²) in [5.41, 5.74) is 3.38.